The topological polar surface area (TPSA) is 87.4 Å². The number of carbonyl (C=O) groups excluding carboxylic acids is 1. The monoisotopic (exact) mass is 491 g/mol. The molecule has 6 nitrogen and oxygen atoms in total. The molecule has 4 rings (SSSR count). The Morgan fingerprint density at radius 2 is 1.88 bits per heavy atom. The fraction of sp³-hybridized carbons (Fsp3) is 0.115. The lowest BCUT2D eigenvalue weighted by Crippen LogP contribution is -2.32. The molecule has 1 heterocycles. The summed E-state index contributed by atoms with van der Waals surface area (Å²) >= 11 is 11.3. The highest BCUT2D eigenvalue weighted by Crippen LogP contribution is 2.33. The van der Waals surface area contributed by atoms with Gasteiger partial charge < -0.3 is 14.8 Å². The molecule has 34 heavy (non-hydrogen) atoms. The van der Waals surface area contributed by atoms with Crippen LogP contribution >= 0.6 is 23.8 Å². The molecule has 0 fully saturated rings. The number of phenols is 1. The number of aromatic nitrogens is 1. The third-order valence-corrected chi connectivity index (χ3v) is 5.54. The average Bonchev–Trinajstić information content (AvgIpc) is 3.22. The molecule has 0 aliphatic heterocycles. The van der Waals surface area contributed by atoms with Gasteiger partial charge in [-0.05, 0) is 71.7 Å². The van der Waals surface area contributed by atoms with Crippen molar-refractivity contribution in [3.63, 3.8) is 0 Å². The maximum Gasteiger partial charge on any atom is 0.250 e. The van der Waals surface area contributed by atoms with Gasteiger partial charge in [-0.1, -0.05) is 49.7 Å². The number of phenolic OH excluding ortho intramolecular Hbond substituents is 1. The van der Waals surface area contributed by atoms with Crippen LogP contribution in [-0.2, 0) is 4.79 Å². The molecule has 0 saturated carbocycles. The van der Waals surface area contributed by atoms with Crippen molar-refractivity contribution in [2.45, 2.75) is 19.8 Å². The number of rotatable bonds is 5. The fourth-order valence-electron chi connectivity index (χ4n) is 3.28. The van der Waals surface area contributed by atoms with E-state index in [2.05, 4.69) is 29.5 Å². The Hall–Kier alpha value is -3.68. The van der Waals surface area contributed by atoms with Gasteiger partial charge in [0.2, 0.25) is 11.8 Å². The van der Waals surface area contributed by atoms with Crippen molar-refractivity contribution in [2.24, 2.45) is 0 Å². The zero-order valence-corrected chi connectivity index (χ0v) is 20.1. The molecule has 0 spiro atoms. The maximum absolute atomic E-state index is 12.3. The first kappa shape index (κ1) is 23.5. The predicted molar refractivity (Wildman–Crippen MR) is 140 cm³/mol. The van der Waals surface area contributed by atoms with Crippen molar-refractivity contribution in [2.75, 3.05) is 5.32 Å². The highest BCUT2D eigenvalue weighted by Gasteiger charge is 2.14. The molecule has 0 aliphatic rings. The van der Waals surface area contributed by atoms with Crippen LogP contribution in [0.5, 0.6) is 5.75 Å². The van der Waals surface area contributed by atoms with E-state index in [-0.39, 0.29) is 22.7 Å². The van der Waals surface area contributed by atoms with E-state index in [4.69, 9.17) is 28.2 Å². The molecule has 4 aromatic rings. The summed E-state index contributed by atoms with van der Waals surface area (Å²) < 4.78 is 5.74. The number of thiocarbonyl (C=S) groups is 1. The van der Waals surface area contributed by atoms with E-state index in [1.54, 1.807) is 36.4 Å². The lowest BCUT2D eigenvalue weighted by Gasteiger charge is -2.10. The summed E-state index contributed by atoms with van der Waals surface area (Å²) in [5.74, 6) is 0.316. The molecule has 0 radical (unpaired) electrons. The molecule has 1 aromatic heterocycles. The third-order valence-electron chi connectivity index (χ3n) is 5.10. The van der Waals surface area contributed by atoms with Crippen molar-refractivity contribution in [3.05, 3.63) is 82.9 Å². The number of amides is 1. The second-order valence-corrected chi connectivity index (χ2v) is 8.81. The number of oxazole rings is 1. The summed E-state index contributed by atoms with van der Waals surface area (Å²) in [6, 6.07) is 17.9. The summed E-state index contributed by atoms with van der Waals surface area (Å²) in [4.78, 5) is 16.7. The van der Waals surface area contributed by atoms with Crippen LogP contribution in [0.4, 0.5) is 5.69 Å². The molecule has 0 saturated heterocycles. The number of fused-ring (bicyclic) bond motifs is 1. The third kappa shape index (κ3) is 5.62. The largest absolute Gasteiger partial charge is 0.507 e. The van der Waals surface area contributed by atoms with Crippen molar-refractivity contribution in [1.29, 1.82) is 0 Å². The maximum atomic E-state index is 12.3. The minimum absolute atomic E-state index is 0.00965. The van der Waals surface area contributed by atoms with Gasteiger partial charge in [0.25, 0.3) is 0 Å². The van der Waals surface area contributed by atoms with Crippen LogP contribution in [0.3, 0.4) is 0 Å². The summed E-state index contributed by atoms with van der Waals surface area (Å²) in [7, 11) is 0. The Morgan fingerprint density at radius 3 is 2.62 bits per heavy atom. The van der Waals surface area contributed by atoms with Gasteiger partial charge in [0.05, 0.1) is 5.56 Å². The molecule has 0 unspecified atom stereocenters. The number of halogens is 1. The molecule has 0 atom stereocenters. The van der Waals surface area contributed by atoms with Crippen molar-refractivity contribution >= 4 is 57.7 Å². The number of benzene rings is 3. The Kier molecular flexibility index (Phi) is 6.95. The Labute approximate surface area is 207 Å². The number of aromatic hydroxyl groups is 1. The molecule has 0 bridgehead atoms. The standard InChI is InChI=1S/C26H22ClN3O3S/c1-15(2)17-6-3-16(4-7-17)5-12-24(32)30-26(34)28-19-9-10-22(31)20(14-19)25-29-21-13-18(27)8-11-23(21)33-25/h3-15,31H,1-2H3,(H2,28,30,32,34)/b12-5+. The van der Waals surface area contributed by atoms with Crippen LogP contribution in [0.2, 0.25) is 5.02 Å². The lowest BCUT2D eigenvalue weighted by molar-refractivity contribution is -0.115. The van der Waals surface area contributed by atoms with Crippen LogP contribution in [0.15, 0.2) is 71.2 Å². The number of hydrogen-bond donors (Lipinski definition) is 3. The Balaban J connectivity index is 1.42. The van der Waals surface area contributed by atoms with Gasteiger partial charge in [0, 0.05) is 16.8 Å². The van der Waals surface area contributed by atoms with Gasteiger partial charge in [0.1, 0.15) is 11.3 Å². The van der Waals surface area contributed by atoms with E-state index in [9.17, 15) is 9.90 Å². The molecule has 0 aliphatic carbocycles. The van der Waals surface area contributed by atoms with Crippen molar-refractivity contribution in [3.8, 4) is 17.2 Å². The van der Waals surface area contributed by atoms with Gasteiger partial charge in [-0.25, -0.2) is 4.98 Å². The van der Waals surface area contributed by atoms with E-state index in [0.717, 1.165) is 5.56 Å². The summed E-state index contributed by atoms with van der Waals surface area (Å²) in [6.07, 6.45) is 3.14. The van der Waals surface area contributed by atoms with E-state index >= 15 is 0 Å². The van der Waals surface area contributed by atoms with Gasteiger partial charge in [-0.2, -0.15) is 0 Å². The van der Waals surface area contributed by atoms with Crippen LogP contribution in [-0.4, -0.2) is 21.1 Å². The molecular weight excluding hydrogens is 470 g/mol. The predicted octanol–water partition coefficient (Wildman–Crippen LogP) is 6.50. The van der Waals surface area contributed by atoms with Crippen LogP contribution < -0.4 is 10.6 Å². The highest BCUT2D eigenvalue weighted by atomic mass is 35.5. The van der Waals surface area contributed by atoms with Gasteiger partial charge in [-0.3, -0.25) is 10.1 Å². The Morgan fingerprint density at radius 1 is 1.12 bits per heavy atom. The zero-order chi connectivity index (χ0) is 24.2. The van der Waals surface area contributed by atoms with E-state index in [1.807, 2.05) is 24.3 Å². The quantitative estimate of drug-likeness (QED) is 0.168. The minimum Gasteiger partial charge on any atom is -0.507 e. The molecule has 3 aromatic carbocycles. The average molecular weight is 492 g/mol. The second-order valence-electron chi connectivity index (χ2n) is 7.96. The van der Waals surface area contributed by atoms with E-state index in [0.29, 0.717) is 33.3 Å². The first-order valence-corrected chi connectivity index (χ1v) is 11.4. The van der Waals surface area contributed by atoms with Gasteiger partial charge in [0.15, 0.2) is 10.7 Å². The van der Waals surface area contributed by atoms with Crippen LogP contribution in [0.1, 0.15) is 30.9 Å². The normalized spacial score (nSPS) is 11.3. The van der Waals surface area contributed by atoms with Crippen LogP contribution in [0, 0.1) is 0 Å². The van der Waals surface area contributed by atoms with Crippen molar-refractivity contribution in [1.82, 2.24) is 10.3 Å². The minimum atomic E-state index is -0.361. The fourth-order valence-corrected chi connectivity index (χ4v) is 3.67. The van der Waals surface area contributed by atoms with Gasteiger partial charge in [-0.15, -0.1) is 0 Å². The molecular formula is C26H22ClN3O3S. The number of carbonyl (C=O) groups is 1. The zero-order valence-electron chi connectivity index (χ0n) is 18.5. The number of nitrogens with zero attached hydrogens (tertiary/aromatic N) is 1. The van der Waals surface area contributed by atoms with Crippen molar-refractivity contribution < 1.29 is 14.3 Å². The molecule has 1 amide bonds. The van der Waals surface area contributed by atoms with E-state index < -0.39 is 0 Å². The lowest BCUT2D eigenvalue weighted by atomic mass is 10.0. The summed E-state index contributed by atoms with van der Waals surface area (Å²) in [5.41, 5.74) is 4.20. The number of anilines is 1. The Bertz CT molecular complexity index is 1390. The molecule has 3 N–H and O–H groups in total. The highest BCUT2D eigenvalue weighted by molar-refractivity contribution is 7.80. The molecule has 172 valence electrons. The summed E-state index contributed by atoms with van der Waals surface area (Å²) in [6.45, 7) is 4.26. The number of nitrogens with one attached hydrogen (secondary N) is 2. The SMILES string of the molecule is CC(C)c1ccc(/C=C/C(=O)NC(=S)Nc2ccc(O)c(-c3nc4cc(Cl)ccc4o3)c2)cc1. The van der Waals surface area contributed by atoms with E-state index in [1.165, 1.54) is 17.7 Å². The smallest absolute Gasteiger partial charge is 0.250 e. The second kappa shape index (κ2) is 10.1. The molecule has 8 heteroatoms. The van der Waals surface area contributed by atoms with Gasteiger partial charge >= 0.3 is 0 Å². The first-order chi connectivity index (χ1) is 16.3. The first-order valence-electron chi connectivity index (χ1n) is 10.6. The number of hydrogen-bond acceptors (Lipinski definition) is 5. The van der Waals surface area contributed by atoms with Crippen LogP contribution in [0.25, 0.3) is 28.6 Å². The summed E-state index contributed by atoms with van der Waals surface area (Å²) in [5, 5.41) is 16.5.